The molecule has 0 aliphatic carbocycles. The van der Waals surface area contributed by atoms with Crippen LogP contribution in [0.1, 0.15) is 31.9 Å². The van der Waals surface area contributed by atoms with Crippen LogP contribution in [0.25, 0.3) is 51.6 Å². The number of benzene rings is 3. The van der Waals surface area contributed by atoms with Crippen molar-refractivity contribution < 1.29 is 13.9 Å². The molecule has 0 saturated heterocycles. The zero-order valence-electron chi connectivity index (χ0n) is 19.7. The zero-order valence-corrected chi connectivity index (χ0v) is 19.7. The van der Waals surface area contributed by atoms with Crippen molar-refractivity contribution >= 4 is 5.76 Å². The van der Waals surface area contributed by atoms with E-state index in [1.165, 1.54) is 5.56 Å². The largest absolute Gasteiger partial charge is 0.508 e. The number of aliphatic hydroxyl groups excluding tert-OH is 1. The van der Waals surface area contributed by atoms with Gasteiger partial charge in [-0.3, -0.25) is 0 Å². The number of aliphatic hydroxyl groups is 1. The van der Waals surface area contributed by atoms with Gasteiger partial charge in [-0.15, -0.1) is 20.4 Å². The molecule has 0 fully saturated rings. The van der Waals surface area contributed by atoms with Crippen LogP contribution in [0.5, 0.6) is 0 Å². The highest BCUT2D eigenvalue weighted by Gasteiger charge is 2.16. The molecule has 174 valence electrons. The molecule has 0 saturated carbocycles. The van der Waals surface area contributed by atoms with Crippen LogP contribution >= 0.6 is 0 Å². The Morgan fingerprint density at radius 3 is 1.51 bits per heavy atom. The van der Waals surface area contributed by atoms with Gasteiger partial charge >= 0.3 is 0 Å². The summed E-state index contributed by atoms with van der Waals surface area (Å²) in [6.07, 6.45) is 0. The van der Waals surface area contributed by atoms with Crippen LogP contribution in [0.4, 0.5) is 0 Å². The van der Waals surface area contributed by atoms with Crippen molar-refractivity contribution in [2.45, 2.75) is 26.2 Å². The van der Waals surface area contributed by atoms with Crippen LogP contribution in [-0.4, -0.2) is 25.5 Å². The molecule has 0 aliphatic heterocycles. The Kier molecular flexibility index (Phi) is 5.53. The minimum absolute atomic E-state index is 0.0201. The fraction of sp³-hybridized carbons (Fsp3) is 0.143. The van der Waals surface area contributed by atoms with Crippen molar-refractivity contribution in [2.75, 3.05) is 0 Å². The van der Waals surface area contributed by atoms with E-state index in [2.05, 4.69) is 59.9 Å². The van der Waals surface area contributed by atoms with Crippen molar-refractivity contribution in [1.82, 2.24) is 20.4 Å². The third-order valence-corrected chi connectivity index (χ3v) is 5.67. The lowest BCUT2D eigenvalue weighted by Crippen LogP contribution is -2.10. The molecule has 0 bridgehead atoms. The summed E-state index contributed by atoms with van der Waals surface area (Å²) in [5.41, 5.74) is 5.03. The molecule has 5 aromatic rings. The Bertz CT molecular complexity index is 1490. The SMILES string of the molecule is C=C(O)c1cccc(-c2nnc(-c3ccc(-c4nnc(-c5ccc(C(C)(C)C)cc5)o4)cc3)o2)c1. The summed E-state index contributed by atoms with van der Waals surface area (Å²) >= 11 is 0. The van der Waals surface area contributed by atoms with Gasteiger partial charge in [0.05, 0.1) is 0 Å². The van der Waals surface area contributed by atoms with Gasteiger partial charge in [0.25, 0.3) is 0 Å². The second-order valence-electron chi connectivity index (χ2n) is 9.26. The summed E-state index contributed by atoms with van der Waals surface area (Å²) < 4.78 is 11.8. The second kappa shape index (κ2) is 8.68. The molecule has 0 amide bonds. The Morgan fingerprint density at radius 1 is 0.657 bits per heavy atom. The molecule has 0 radical (unpaired) electrons. The molecule has 1 N–H and O–H groups in total. The van der Waals surface area contributed by atoms with Gasteiger partial charge < -0.3 is 13.9 Å². The van der Waals surface area contributed by atoms with Gasteiger partial charge in [-0.2, -0.15) is 0 Å². The normalized spacial score (nSPS) is 11.5. The first-order chi connectivity index (χ1) is 16.8. The van der Waals surface area contributed by atoms with E-state index in [0.29, 0.717) is 34.7 Å². The minimum atomic E-state index is -0.0201. The van der Waals surface area contributed by atoms with Gasteiger partial charge in [0.1, 0.15) is 5.76 Å². The van der Waals surface area contributed by atoms with Gasteiger partial charge in [0, 0.05) is 27.8 Å². The van der Waals surface area contributed by atoms with Crippen molar-refractivity contribution in [3.63, 3.8) is 0 Å². The van der Waals surface area contributed by atoms with Crippen molar-refractivity contribution in [3.8, 4) is 45.8 Å². The average Bonchev–Trinajstić information content (AvgIpc) is 3.54. The van der Waals surface area contributed by atoms with Crippen LogP contribution in [0, 0.1) is 0 Å². The molecule has 3 aromatic carbocycles. The van der Waals surface area contributed by atoms with Crippen molar-refractivity contribution in [1.29, 1.82) is 0 Å². The Labute approximate surface area is 202 Å². The van der Waals surface area contributed by atoms with Gasteiger partial charge in [-0.25, -0.2) is 0 Å². The number of hydrogen-bond donors (Lipinski definition) is 1. The average molecular weight is 465 g/mol. The van der Waals surface area contributed by atoms with E-state index >= 15 is 0 Å². The molecule has 5 rings (SSSR count). The molecule has 7 heteroatoms. The summed E-state index contributed by atoms with van der Waals surface area (Å²) in [6.45, 7) is 10.1. The number of aromatic nitrogens is 4. The Morgan fingerprint density at radius 2 is 1.09 bits per heavy atom. The molecular weight excluding hydrogens is 440 g/mol. The third kappa shape index (κ3) is 4.61. The first-order valence-electron chi connectivity index (χ1n) is 11.2. The summed E-state index contributed by atoms with van der Waals surface area (Å²) in [5, 5.41) is 26.3. The highest BCUT2D eigenvalue weighted by molar-refractivity contribution is 5.66. The number of nitrogens with zero attached hydrogens (tertiary/aromatic N) is 4. The topological polar surface area (TPSA) is 98.1 Å². The van der Waals surface area contributed by atoms with Crippen LogP contribution in [-0.2, 0) is 5.41 Å². The highest BCUT2D eigenvalue weighted by atomic mass is 16.4. The number of hydrogen-bond acceptors (Lipinski definition) is 7. The van der Waals surface area contributed by atoms with Crippen LogP contribution in [0.2, 0.25) is 0 Å². The van der Waals surface area contributed by atoms with E-state index in [0.717, 1.165) is 16.7 Å². The van der Waals surface area contributed by atoms with E-state index in [1.54, 1.807) is 18.2 Å². The summed E-state index contributed by atoms with van der Waals surface area (Å²) in [5.74, 6) is 1.61. The lowest BCUT2D eigenvalue weighted by atomic mass is 9.87. The zero-order chi connectivity index (χ0) is 24.6. The van der Waals surface area contributed by atoms with E-state index in [9.17, 15) is 5.11 Å². The molecular formula is C28H24N4O3. The molecule has 0 spiro atoms. The second-order valence-corrected chi connectivity index (χ2v) is 9.26. The quantitative estimate of drug-likeness (QED) is 0.281. The lowest BCUT2D eigenvalue weighted by molar-refractivity contribution is 0.514. The monoisotopic (exact) mass is 464 g/mol. The van der Waals surface area contributed by atoms with Crippen LogP contribution in [0.15, 0.2) is 88.2 Å². The standard InChI is InChI=1S/C28H24N4O3/c1-17(33)21-6-5-7-22(16-21)27-32-31-25(35-27)19-10-8-18(9-11-19)24-29-30-26(34-24)20-12-14-23(15-13-20)28(2,3)4/h5-16,33H,1H2,2-4H3. The van der Waals surface area contributed by atoms with Crippen molar-refractivity contribution in [3.05, 3.63) is 90.5 Å². The van der Waals surface area contributed by atoms with Gasteiger partial charge in [-0.1, -0.05) is 51.6 Å². The van der Waals surface area contributed by atoms with Gasteiger partial charge in [0.2, 0.25) is 23.6 Å². The molecule has 0 aliphatic rings. The first kappa shape index (κ1) is 22.3. The van der Waals surface area contributed by atoms with Crippen LogP contribution < -0.4 is 0 Å². The predicted octanol–water partition coefficient (Wildman–Crippen LogP) is 6.95. The smallest absolute Gasteiger partial charge is 0.248 e. The summed E-state index contributed by atoms with van der Waals surface area (Å²) in [4.78, 5) is 0. The molecule has 7 nitrogen and oxygen atoms in total. The minimum Gasteiger partial charge on any atom is -0.508 e. The third-order valence-electron chi connectivity index (χ3n) is 5.67. The number of rotatable bonds is 5. The predicted molar refractivity (Wildman–Crippen MR) is 134 cm³/mol. The Balaban J connectivity index is 1.34. The van der Waals surface area contributed by atoms with E-state index in [4.69, 9.17) is 8.83 Å². The maximum Gasteiger partial charge on any atom is 0.248 e. The molecule has 2 heterocycles. The highest BCUT2D eigenvalue weighted by Crippen LogP contribution is 2.30. The summed E-state index contributed by atoms with van der Waals surface area (Å²) in [6, 6.07) is 22.8. The molecule has 2 aromatic heterocycles. The maximum atomic E-state index is 9.63. The fourth-order valence-electron chi connectivity index (χ4n) is 3.61. The molecule has 0 unspecified atom stereocenters. The summed E-state index contributed by atoms with van der Waals surface area (Å²) in [7, 11) is 0. The van der Waals surface area contributed by atoms with Crippen LogP contribution in [0.3, 0.4) is 0 Å². The first-order valence-corrected chi connectivity index (χ1v) is 11.2. The lowest BCUT2D eigenvalue weighted by Gasteiger charge is -2.18. The van der Waals surface area contributed by atoms with E-state index < -0.39 is 0 Å². The maximum absolute atomic E-state index is 9.63. The molecule has 0 atom stereocenters. The Hall–Kier alpha value is -4.52. The van der Waals surface area contributed by atoms with Gasteiger partial charge in [-0.05, 0) is 59.5 Å². The van der Waals surface area contributed by atoms with Crippen molar-refractivity contribution in [2.24, 2.45) is 0 Å². The fourth-order valence-corrected chi connectivity index (χ4v) is 3.61. The van der Waals surface area contributed by atoms with Gasteiger partial charge in [0.15, 0.2) is 0 Å². The van der Waals surface area contributed by atoms with E-state index in [1.807, 2.05) is 42.5 Å². The van der Waals surface area contributed by atoms with E-state index in [-0.39, 0.29) is 11.2 Å². The molecule has 35 heavy (non-hydrogen) atoms.